The van der Waals surface area contributed by atoms with Crippen molar-refractivity contribution in [3.05, 3.63) is 76.8 Å². The van der Waals surface area contributed by atoms with Gasteiger partial charge in [-0.3, -0.25) is 19.1 Å². The zero-order valence-electron chi connectivity index (χ0n) is 18.6. The fraction of sp³-hybridized carbons (Fsp3) is 0.320. The number of fused-ring (bicyclic) bond motifs is 3. The first kappa shape index (κ1) is 21.4. The van der Waals surface area contributed by atoms with E-state index in [-0.39, 0.29) is 29.6 Å². The highest BCUT2D eigenvalue weighted by Gasteiger charge is 2.22. The molecular weight excluding hydrogens is 418 g/mol. The molecule has 3 heterocycles. The highest BCUT2D eigenvalue weighted by molar-refractivity contribution is 6.01. The molecule has 1 atom stereocenters. The summed E-state index contributed by atoms with van der Waals surface area (Å²) in [4.78, 5) is 35.0. The molecule has 0 aliphatic carbocycles. The van der Waals surface area contributed by atoms with Gasteiger partial charge in [-0.2, -0.15) is 0 Å². The molecule has 5 rings (SSSR count). The first-order chi connectivity index (χ1) is 16.1. The van der Waals surface area contributed by atoms with Gasteiger partial charge < -0.3 is 14.6 Å². The van der Waals surface area contributed by atoms with Crippen LogP contribution in [0.1, 0.15) is 11.6 Å². The third kappa shape index (κ3) is 4.53. The number of piperazine rings is 1. The molecule has 0 saturated carbocycles. The van der Waals surface area contributed by atoms with Crippen molar-refractivity contribution in [2.75, 3.05) is 39.8 Å². The van der Waals surface area contributed by atoms with Crippen LogP contribution in [0.2, 0.25) is 0 Å². The minimum atomic E-state index is -0.360. The van der Waals surface area contributed by atoms with Gasteiger partial charge in [-0.05, 0) is 24.7 Å². The molecule has 170 valence electrons. The van der Waals surface area contributed by atoms with Crippen LogP contribution in [0.5, 0.6) is 0 Å². The SMILES string of the molecule is CN1CCN(CC(NC(=O)Cn2cnc3c(oc4ccccc43)c2=O)c2ccccc2)CC1. The second kappa shape index (κ2) is 9.17. The number of carbonyl (C=O) groups is 1. The van der Waals surface area contributed by atoms with E-state index in [1.54, 1.807) is 6.07 Å². The number of nitrogens with zero attached hydrogens (tertiary/aromatic N) is 4. The summed E-state index contributed by atoms with van der Waals surface area (Å²) in [5.74, 6) is -0.239. The van der Waals surface area contributed by atoms with E-state index in [0.29, 0.717) is 11.1 Å². The highest BCUT2D eigenvalue weighted by Crippen LogP contribution is 2.24. The minimum absolute atomic E-state index is 0.120. The number of likely N-dealkylation sites (N-methyl/N-ethyl adjacent to an activating group) is 1. The molecule has 1 saturated heterocycles. The molecule has 0 bridgehead atoms. The molecule has 2 aromatic heterocycles. The summed E-state index contributed by atoms with van der Waals surface area (Å²) >= 11 is 0. The number of benzene rings is 2. The van der Waals surface area contributed by atoms with Crippen molar-refractivity contribution in [2.24, 2.45) is 0 Å². The van der Waals surface area contributed by atoms with Gasteiger partial charge in [0.1, 0.15) is 17.6 Å². The molecular formula is C25H27N5O3. The summed E-state index contributed by atoms with van der Waals surface area (Å²) in [7, 11) is 2.12. The summed E-state index contributed by atoms with van der Waals surface area (Å²) in [5.41, 5.74) is 1.98. The summed E-state index contributed by atoms with van der Waals surface area (Å²) in [5, 5.41) is 3.92. The fourth-order valence-electron chi connectivity index (χ4n) is 4.33. The van der Waals surface area contributed by atoms with E-state index in [4.69, 9.17) is 4.42 Å². The number of hydrogen-bond donors (Lipinski definition) is 1. The number of rotatable bonds is 6. The summed E-state index contributed by atoms with van der Waals surface area (Å²) in [6.07, 6.45) is 1.42. The molecule has 1 amide bonds. The van der Waals surface area contributed by atoms with Gasteiger partial charge in [-0.15, -0.1) is 0 Å². The van der Waals surface area contributed by atoms with Crippen molar-refractivity contribution in [2.45, 2.75) is 12.6 Å². The summed E-state index contributed by atoms with van der Waals surface area (Å²) < 4.78 is 7.03. The molecule has 1 unspecified atom stereocenters. The lowest BCUT2D eigenvalue weighted by molar-refractivity contribution is -0.122. The van der Waals surface area contributed by atoms with Gasteiger partial charge in [0, 0.05) is 38.1 Å². The maximum Gasteiger partial charge on any atom is 0.297 e. The maximum atomic E-state index is 13.0. The predicted octanol–water partition coefficient (Wildman–Crippen LogP) is 2.25. The number of nitrogens with one attached hydrogen (secondary N) is 1. The Balaban J connectivity index is 1.35. The molecule has 1 aliphatic rings. The Morgan fingerprint density at radius 1 is 1.06 bits per heavy atom. The lowest BCUT2D eigenvalue weighted by Gasteiger charge is -2.35. The summed E-state index contributed by atoms with van der Waals surface area (Å²) in [6.45, 7) is 4.54. The normalized spacial score (nSPS) is 16.3. The lowest BCUT2D eigenvalue weighted by Crippen LogP contribution is -2.48. The van der Waals surface area contributed by atoms with Crippen LogP contribution in [-0.2, 0) is 11.3 Å². The first-order valence-electron chi connectivity index (χ1n) is 11.2. The quantitative estimate of drug-likeness (QED) is 0.490. The van der Waals surface area contributed by atoms with Gasteiger partial charge in [-0.1, -0.05) is 42.5 Å². The van der Waals surface area contributed by atoms with Gasteiger partial charge in [0.2, 0.25) is 11.5 Å². The number of aromatic nitrogens is 2. The zero-order valence-corrected chi connectivity index (χ0v) is 18.6. The first-order valence-corrected chi connectivity index (χ1v) is 11.2. The standard InChI is InChI=1S/C25H27N5O3/c1-28-11-13-29(14-12-28)15-20(18-7-3-2-4-8-18)27-22(31)16-30-17-26-23-19-9-5-6-10-21(19)33-24(23)25(30)32/h2-10,17,20H,11-16H2,1H3,(H,27,31). The van der Waals surface area contributed by atoms with E-state index >= 15 is 0 Å². The van der Waals surface area contributed by atoms with Crippen LogP contribution in [0.15, 0.2) is 70.1 Å². The molecule has 8 nitrogen and oxygen atoms in total. The molecule has 0 spiro atoms. The number of amides is 1. The summed E-state index contributed by atoms with van der Waals surface area (Å²) in [6, 6.07) is 17.2. The third-order valence-electron chi connectivity index (χ3n) is 6.24. The molecule has 8 heteroatoms. The fourth-order valence-corrected chi connectivity index (χ4v) is 4.33. The maximum absolute atomic E-state index is 13.0. The van der Waals surface area contributed by atoms with Crippen molar-refractivity contribution in [3.8, 4) is 0 Å². The number of hydrogen-bond acceptors (Lipinski definition) is 6. The van der Waals surface area contributed by atoms with E-state index in [1.165, 1.54) is 10.9 Å². The average molecular weight is 446 g/mol. The van der Waals surface area contributed by atoms with E-state index in [1.807, 2.05) is 48.5 Å². The monoisotopic (exact) mass is 445 g/mol. The molecule has 1 fully saturated rings. The van der Waals surface area contributed by atoms with Crippen LogP contribution in [-0.4, -0.2) is 65.0 Å². The van der Waals surface area contributed by atoms with Crippen LogP contribution >= 0.6 is 0 Å². The molecule has 4 aromatic rings. The van der Waals surface area contributed by atoms with E-state index < -0.39 is 0 Å². The van der Waals surface area contributed by atoms with E-state index in [9.17, 15) is 9.59 Å². The van der Waals surface area contributed by atoms with Crippen molar-refractivity contribution < 1.29 is 9.21 Å². The number of para-hydroxylation sites is 1. The second-order valence-electron chi connectivity index (χ2n) is 8.59. The van der Waals surface area contributed by atoms with Crippen LogP contribution in [0.25, 0.3) is 22.1 Å². The predicted molar refractivity (Wildman–Crippen MR) is 127 cm³/mol. The topological polar surface area (TPSA) is 83.6 Å². The zero-order chi connectivity index (χ0) is 22.8. The number of carbonyl (C=O) groups excluding carboxylic acids is 1. The molecule has 2 aromatic carbocycles. The average Bonchev–Trinajstić information content (AvgIpc) is 3.22. The van der Waals surface area contributed by atoms with Crippen molar-refractivity contribution >= 4 is 28.0 Å². The van der Waals surface area contributed by atoms with E-state index in [2.05, 4.69) is 27.1 Å². The Hall–Kier alpha value is -3.49. The molecule has 0 radical (unpaired) electrons. The van der Waals surface area contributed by atoms with Crippen molar-refractivity contribution in [1.82, 2.24) is 24.7 Å². The smallest absolute Gasteiger partial charge is 0.297 e. The Morgan fingerprint density at radius 2 is 1.79 bits per heavy atom. The third-order valence-corrected chi connectivity index (χ3v) is 6.24. The Morgan fingerprint density at radius 3 is 2.58 bits per heavy atom. The Bertz CT molecular complexity index is 1320. The van der Waals surface area contributed by atoms with Gasteiger partial charge in [0.25, 0.3) is 5.56 Å². The Kier molecular flexibility index (Phi) is 5.93. The van der Waals surface area contributed by atoms with Crippen LogP contribution < -0.4 is 10.9 Å². The highest BCUT2D eigenvalue weighted by atomic mass is 16.3. The van der Waals surface area contributed by atoms with Crippen LogP contribution in [0.4, 0.5) is 0 Å². The van der Waals surface area contributed by atoms with Crippen LogP contribution in [0.3, 0.4) is 0 Å². The van der Waals surface area contributed by atoms with Crippen molar-refractivity contribution in [3.63, 3.8) is 0 Å². The van der Waals surface area contributed by atoms with Crippen LogP contribution in [0, 0.1) is 0 Å². The molecule has 1 N–H and O–H groups in total. The molecule has 33 heavy (non-hydrogen) atoms. The van der Waals surface area contributed by atoms with Gasteiger partial charge in [0.05, 0.1) is 12.4 Å². The van der Waals surface area contributed by atoms with Gasteiger partial charge in [-0.25, -0.2) is 4.98 Å². The Labute approximate surface area is 191 Å². The molecule has 1 aliphatic heterocycles. The number of furan rings is 1. The van der Waals surface area contributed by atoms with Gasteiger partial charge in [0.15, 0.2) is 0 Å². The van der Waals surface area contributed by atoms with E-state index in [0.717, 1.165) is 43.7 Å². The van der Waals surface area contributed by atoms with Crippen molar-refractivity contribution in [1.29, 1.82) is 0 Å². The lowest BCUT2D eigenvalue weighted by atomic mass is 10.1. The second-order valence-corrected chi connectivity index (χ2v) is 8.59. The minimum Gasteiger partial charge on any atom is -0.448 e. The largest absolute Gasteiger partial charge is 0.448 e. The van der Waals surface area contributed by atoms with Gasteiger partial charge >= 0.3 is 0 Å².